The first-order valence-electron chi connectivity index (χ1n) is 5.77. The van der Waals surface area contributed by atoms with Crippen molar-refractivity contribution in [1.29, 1.82) is 0 Å². The molecule has 0 saturated carbocycles. The summed E-state index contributed by atoms with van der Waals surface area (Å²) in [6.07, 6.45) is 0. The Morgan fingerprint density at radius 3 is 2.67 bits per heavy atom. The summed E-state index contributed by atoms with van der Waals surface area (Å²) in [4.78, 5) is 23.5. The first-order chi connectivity index (χ1) is 9.95. The number of halogens is 2. The molecule has 3 N–H and O–H groups in total. The van der Waals surface area contributed by atoms with Gasteiger partial charge in [0.15, 0.2) is 0 Å². The minimum Gasteiger partial charge on any atom is -0.478 e. The van der Waals surface area contributed by atoms with Gasteiger partial charge in [0.1, 0.15) is 5.82 Å². The smallest absolute Gasteiger partial charge is 0.337 e. The van der Waals surface area contributed by atoms with Crippen molar-refractivity contribution in [2.24, 2.45) is 0 Å². The van der Waals surface area contributed by atoms with E-state index in [2.05, 4.69) is 10.6 Å². The monoisotopic (exact) mass is 328 g/mol. The van der Waals surface area contributed by atoms with Crippen LogP contribution in [0.3, 0.4) is 0 Å². The van der Waals surface area contributed by atoms with Crippen molar-refractivity contribution in [3.05, 3.63) is 50.9 Å². The quantitative estimate of drug-likeness (QED) is 0.803. The van der Waals surface area contributed by atoms with Crippen LogP contribution in [0.1, 0.15) is 15.2 Å². The Balaban J connectivity index is 2.02. The number of rotatable bonds is 4. The second kappa shape index (κ2) is 6.55. The number of carboxylic acid groups (broad SMARTS) is 1. The number of hydrogen-bond donors (Lipinski definition) is 3. The van der Waals surface area contributed by atoms with Crippen molar-refractivity contribution in [3.63, 3.8) is 0 Å². The summed E-state index contributed by atoms with van der Waals surface area (Å²) in [6.45, 7) is 0.237. The number of benzene rings is 1. The molecule has 0 saturated heterocycles. The first-order valence-corrected chi connectivity index (χ1v) is 6.97. The molecule has 1 heterocycles. The molecule has 21 heavy (non-hydrogen) atoms. The summed E-state index contributed by atoms with van der Waals surface area (Å²) in [5, 5.41) is 13.8. The third-order valence-electron chi connectivity index (χ3n) is 2.51. The molecule has 0 atom stereocenters. The van der Waals surface area contributed by atoms with E-state index in [1.165, 1.54) is 11.3 Å². The van der Waals surface area contributed by atoms with Gasteiger partial charge in [0.2, 0.25) is 0 Å². The molecule has 1 aromatic heterocycles. The van der Waals surface area contributed by atoms with Gasteiger partial charge in [-0.05, 0) is 30.3 Å². The number of anilines is 1. The molecule has 5 nitrogen and oxygen atoms in total. The maximum absolute atomic E-state index is 13.1. The number of urea groups is 1. The summed E-state index contributed by atoms with van der Waals surface area (Å²) in [7, 11) is 0. The van der Waals surface area contributed by atoms with Crippen molar-refractivity contribution in [2.75, 3.05) is 5.32 Å². The second-order valence-corrected chi connectivity index (χ2v) is 5.81. The topological polar surface area (TPSA) is 78.4 Å². The Labute approximate surface area is 128 Å². The molecule has 0 aliphatic rings. The lowest BCUT2D eigenvalue weighted by Crippen LogP contribution is -2.28. The van der Waals surface area contributed by atoms with Crippen LogP contribution in [0, 0.1) is 5.82 Å². The van der Waals surface area contributed by atoms with E-state index < -0.39 is 17.8 Å². The fourth-order valence-corrected chi connectivity index (χ4v) is 2.61. The number of aromatic carboxylic acids is 1. The third-order valence-corrected chi connectivity index (χ3v) is 3.74. The zero-order chi connectivity index (χ0) is 15.4. The van der Waals surface area contributed by atoms with Gasteiger partial charge in [-0.15, -0.1) is 11.3 Å². The van der Waals surface area contributed by atoms with Crippen LogP contribution in [-0.4, -0.2) is 17.1 Å². The van der Waals surface area contributed by atoms with Gasteiger partial charge in [0, 0.05) is 4.88 Å². The lowest BCUT2D eigenvalue weighted by molar-refractivity contribution is 0.0698. The van der Waals surface area contributed by atoms with E-state index in [-0.39, 0.29) is 17.8 Å². The van der Waals surface area contributed by atoms with Gasteiger partial charge in [-0.3, -0.25) is 0 Å². The number of hydrogen-bond acceptors (Lipinski definition) is 3. The largest absolute Gasteiger partial charge is 0.478 e. The van der Waals surface area contributed by atoms with E-state index in [0.717, 1.165) is 23.1 Å². The maximum Gasteiger partial charge on any atom is 0.337 e. The molecular weight excluding hydrogens is 319 g/mol. The second-order valence-electron chi connectivity index (χ2n) is 4.01. The predicted molar refractivity (Wildman–Crippen MR) is 78.5 cm³/mol. The number of carbonyl (C=O) groups excluding carboxylic acids is 1. The van der Waals surface area contributed by atoms with Crippen LogP contribution >= 0.6 is 22.9 Å². The number of carboxylic acids is 1. The molecule has 2 rings (SSSR count). The lowest BCUT2D eigenvalue weighted by Gasteiger charge is -2.09. The molecule has 0 unspecified atom stereocenters. The highest BCUT2D eigenvalue weighted by atomic mass is 35.5. The van der Waals surface area contributed by atoms with Crippen molar-refractivity contribution in [2.45, 2.75) is 6.54 Å². The Morgan fingerprint density at radius 1 is 1.29 bits per heavy atom. The summed E-state index contributed by atoms with van der Waals surface area (Å²) in [6, 6.07) is 5.89. The maximum atomic E-state index is 13.1. The molecule has 2 amide bonds. The van der Waals surface area contributed by atoms with Crippen molar-refractivity contribution < 1.29 is 19.1 Å². The Hall–Kier alpha value is -2.12. The zero-order valence-corrected chi connectivity index (χ0v) is 12.1. The molecule has 110 valence electrons. The van der Waals surface area contributed by atoms with E-state index in [1.807, 2.05) is 0 Å². The highest BCUT2D eigenvalue weighted by molar-refractivity contribution is 7.16. The normalized spacial score (nSPS) is 10.2. The number of nitrogens with one attached hydrogen (secondary N) is 2. The standard InChI is InChI=1S/C13H10ClFN2O3S/c14-11-4-2-8(21-11)6-16-13(20)17-10-5-7(15)1-3-9(10)12(18)19/h1-5H,6H2,(H,18,19)(H2,16,17,20). The van der Waals surface area contributed by atoms with E-state index in [1.54, 1.807) is 12.1 Å². The van der Waals surface area contributed by atoms with Crippen molar-refractivity contribution in [3.8, 4) is 0 Å². The van der Waals surface area contributed by atoms with Gasteiger partial charge in [0.25, 0.3) is 0 Å². The van der Waals surface area contributed by atoms with E-state index >= 15 is 0 Å². The Morgan fingerprint density at radius 2 is 2.05 bits per heavy atom. The van der Waals surface area contributed by atoms with Gasteiger partial charge < -0.3 is 15.7 Å². The Bertz CT molecular complexity index is 690. The average Bonchev–Trinajstić information content (AvgIpc) is 2.82. The van der Waals surface area contributed by atoms with Gasteiger partial charge in [0.05, 0.1) is 22.1 Å². The van der Waals surface area contributed by atoms with E-state index in [9.17, 15) is 14.0 Å². The molecule has 0 fully saturated rings. The number of carbonyl (C=O) groups is 2. The van der Waals surface area contributed by atoms with Crippen LogP contribution in [0.25, 0.3) is 0 Å². The molecule has 0 spiro atoms. The van der Waals surface area contributed by atoms with Crippen LogP contribution in [0.4, 0.5) is 14.9 Å². The SMILES string of the molecule is O=C(NCc1ccc(Cl)s1)Nc1cc(F)ccc1C(=O)O. The van der Waals surface area contributed by atoms with Gasteiger partial charge in [-0.2, -0.15) is 0 Å². The van der Waals surface area contributed by atoms with E-state index in [4.69, 9.17) is 16.7 Å². The van der Waals surface area contributed by atoms with Crippen LogP contribution < -0.4 is 10.6 Å². The fourth-order valence-electron chi connectivity index (χ4n) is 1.59. The summed E-state index contributed by atoms with van der Waals surface area (Å²) in [5.74, 6) is -1.89. The van der Waals surface area contributed by atoms with Crippen LogP contribution in [0.2, 0.25) is 4.34 Å². The van der Waals surface area contributed by atoms with Crippen LogP contribution in [0.15, 0.2) is 30.3 Å². The van der Waals surface area contributed by atoms with Crippen LogP contribution in [-0.2, 0) is 6.54 Å². The summed E-state index contributed by atoms with van der Waals surface area (Å²) < 4.78 is 13.7. The molecule has 0 aliphatic heterocycles. The Kier molecular flexibility index (Phi) is 4.77. The third kappa shape index (κ3) is 4.17. The van der Waals surface area contributed by atoms with Crippen LogP contribution in [0.5, 0.6) is 0 Å². The minimum atomic E-state index is -1.25. The fraction of sp³-hybridized carbons (Fsp3) is 0.0769. The minimum absolute atomic E-state index is 0.107. The van der Waals surface area contributed by atoms with Gasteiger partial charge >= 0.3 is 12.0 Å². The zero-order valence-electron chi connectivity index (χ0n) is 10.5. The average molecular weight is 329 g/mol. The van der Waals surface area contributed by atoms with Gasteiger partial charge in [-0.25, -0.2) is 14.0 Å². The lowest BCUT2D eigenvalue weighted by atomic mass is 10.2. The molecular formula is C13H10ClFN2O3S. The predicted octanol–water partition coefficient (Wildman–Crippen LogP) is 3.56. The highest BCUT2D eigenvalue weighted by Crippen LogP contribution is 2.21. The molecule has 0 aliphatic carbocycles. The molecule has 8 heteroatoms. The molecule has 0 bridgehead atoms. The number of thiophene rings is 1. The summed E-state index contributed by atoms with van der Waals surface area (Å²) >= 11 is 7.08. The molecule has 2 aromatic rings. The molecule has 0 radical (unpaired) electrons. The number of amides is 2. The van der Waals surface area contributed by atoms with Crippen molar-refractivity contribution in [1.82, 2.24) is 5.32 Å². The van der Waals surface area contributed by atoms with Crippen molar-refractivity contribution >= 4 is 40.6 Å². The molecule has 1 aromatic carbocycles. The first kappa shape index (κ1) is 15.3. The highest BCUT2D eigenvalue weighted by Gasteiger charge is 2.13. The summed E-state index contributed by atoms with van der Waals surface area (Å²) in [5.41, 5.74) is -0.296. The van der Waals surface area contributed by atoms with E-state index in [0.29, 0.717) is 4.34 Å². The van der Waals surface area contributed by atoms with Gasteiger partial charge in [-0.1, -0.05) is 11.6 Å².